The van der Waals surface area contributed by atoms with Crippen molar-refractivity contribution in [1.29, 1.82) is 0 Å². The van der Waals surface area contributed by atoms with Crippen molar-refractivity contribution in [1.82, 2.24) is 10.3 Å². The van der Waals surface area contributed by atoms with E-state index in [2.05, 4.69) is 19.2 Å². The lowest BCUT2D eigenvalue weighted by atomic mass is 10.1. The quantitative estimate of drug-likeness (QED) is 0.802. The standard InChI is InChI=1S/C16H20Cl2N2S/c1-10(2)6-14-15(9-19-3)21-16(20-14)8-11-4-5-12(17)13(18)7-11/h4-5,7,10,19H,6,8-9H2,1-3H3. The lowest BCUT2D eigenvalue weighted by molar-refractivity contribution is 0.629. The average molecular weight is 343 g/mol. The van der Waals surface area contributed by atoms with Crippen molar-refractivity contribution in [3.63, 3.8) is 0 Å². The van der Waals surface area contributed by atoms with Gasteiger partial charge in [-0.25, -0.2) is 4.98 Å². The van der Waals surface area contributed by atoms with Gasteiger partial charge in [0.1, 0.15) is 0 Å². The molecule has 2 nitrogen and oxygen atoms in total. The number of rotatable bonds is 6. The fourth-order valence-electron chi connectivity index (χ4n) is 2.18. The van der Waals surface area contributed by atoms with Crippen LogP contribution in [0.3, 0.4) is 0 Å². The summed E-state index contributed by atoms with van der Waals surface area (Å²) < 4.78 is 0. The monoisotopic (exact) mass is 342 g/mol. The van der Waals surface area contributed by atoms with Gasteiger partial charge in [-0.1, -0.05) is 43.1 Å². The minimum absolute atomic E-state index is 0.593. The van der Waals surface area contributed by atoms with Crippen LogP contribution in [0, 0.1) is 5.92 Å². The second-order valence-electron chi connectivity index (χ2n) is 5.53. The Morgan fingerprint density at radius 3 is 2.62 bits per heavy atom. The molecule has 0 saturated carbocycles. The van der Waals surface area contributed by atoms with Gasteiger partial charge < -0.3 is 5.32 Å². The predicted octanol–water partition coefficient (Wildman–Crippen LogP) is 4.96. The summed E-state index contributed by atoms with van der Waals surface area (Å²) in [6.45, 7) is 5.32. The Morgan fingerprint density at radius 1 is 1.24 bits per heavy atom. The molecule has 0 spiro atoms. The van der Waals surface area contributed by atoms with E-state index in [0.29, 0.717) is 16.0 Å². The first-order valence-electron chi connectivity index (χ1n) is 7.05. The fraction of sp³-hybridized carbons (Fsp3) is 0.438. The van der Waals surface area contributed by atoms with Crippen LogP contribution in [0.4, 0.5) is 0 Å². The van der Waals surface area contributed by atoms with Crippen molar-refractivity contribution in [3.8, 4) is 0 Å². The van der Waals surface area contributed by atoms with Crippen LogP contribution in [0.15, 0.2) is 18.2 Å². The molecule has 0 aliphatic heterocycles. The molecular weight excluding hydrogens is 323 g/mol. The molecule has 1 heterocycles. The minimum Gasteiger partial charge on any atom is -0.315 e. The number of nitrogens with one attached hydrogen (secondary N) is 1. The van der Waals surface area contributed by atoms with Crippen molar-refractivity contribution < 1.29 is 0 Å². The molecule has 2 rings (SSSR count). The van der Waals surface area contributed by atoms with Crippen molar-refractivity contribution in [2.75, 3.05) is 7.05 Å². The first-order valence-corrected chi connectivity index (χ1v) is 8.62. The van der Waals surface area contributed by atoms with Crippen molar-refractivity contribution in [2.24, 2.45) is 5.92 Å². The van der Waals surface area contributed by atoms with E-state index in [0.717, 1.165) is 30.0 Å². The molecule has 0 aliphatic rings. The van der Waals surface area contributed by atoms with Gasteiger partial charge in [-0.15, -0.1) is 11.3 Å². The number of aromatic nitrogens is 1. The summed E-state index contributed by atoms with van der Waals surface area (Å²) in [7, 11) is 1.97. The molecular formula is C16H20Cl2N2S. The van der Waals surface area contributed by atoms with Gasteiger partial charge in [0.25, 0.3) is 0 Å². The van der Waals surface area contributed by atoms with Crippen LogP contribution in [0.5, 0.6) is 0 Å². The van der Waals surface area contributed by atoms with Gasteiger partial charge in [0.2, 0.25) is 0 Å². The zero-order valence-corrected chi connectivity index (χ0v) is 14.9. The molecule has 21 heavy (non-hydrogen) atoms. The molecule has 0 fully saturated rings. The molecule has 1 N–H and O–H groups in total. The van der Waals surface area contributed by atoms with E-state index in [4.69, 9.17) is 28.2 Å². The summed E-state index contributed by atoms with van der Waals surface area (Å²) in [6, 6.07) is 5.77. The first-order chi connectivity index (χ1) is 9.99. The Hall–Kier alpha value is -0.610. The van der Waals surface area contributed by atoms with Crippen molar-refractivity contribution in [3.05, 3.63) is 49.4 Å². The van der Waals surface area contributed by atoms with E-state index in [-0.39, 0.29) is 0 Å². The average Bonchev–Trinajstić information content (AvgIpc) is 2.75. The maximum atomic E-state index is 6.08. The summed E-state index contributed by atoms with van der Waals surface area (Å²) in [5.74, 6) is 0.612. The van der Waals surface area contributed by atoms with Crippen LogP contribution in [-0.4, -0.2) is 12.0 Å². The molecule has 1 aromatic heterocycles. The van der Waals surface area contributed by atoms with E-state index in [9.17, 15) is 0 Å². The van der Waals surface area contributed by atoms with Gasteiger partial charge in [-0.2, -0.15) is 0 Å². The number of benzene rings is 1. The SMILES string of the molecule is CNCc1sc(Cc2ccc(Cl)c(Cl)c2)nc1CC(C)C. The highest BCUT2D eigenvalue weighted by Crippen LogP contribution is 2.27. The molecule has 0 bridgehead atoms. The fourth-order valence-corrected chi connectivity index (χ4v) is 3.64. The second kappa shape index (κ2) is 7.59. The molecule has 0 unspecified atom stereocenters. The normalized spacial score (nSPS) is 11.3. The maximum Gasteiger partial charge on any atom is 0.0975 e. The van der Waals surface area contributed by atoms with Crippen molar-refractivity contribution >= 4 is 34.5 Å². The highest BCUT2D eigenvalue weighted by molar-refractivity contribution is 7.11. The van der Waals surface area contributed by atoms with Gasteiger partial charge in [-0.05, 0) is 37.1 Å². The molecule has 0 amide bonds. The predicted molar refractivity (Wildman–Crippen MR) is 92.7 cm³/mol. The summed E-state index contributed by atoms with van der Waals surface area (Å²) in [4.78, 5) is 6.15. The number of halogens is 2. The summed E-state index contributed by atoms with van der Waals surface area (Å²) in [6.07, 6.45) is 1.82. The third-order valence-electron chi connectivity index (χ3n) is 3.10. The third-order valence-corrected chi connectivity index (χ3v) is 4.94. The Morgan fingerprint density at radius 2 is 2.00 bits per heavy atom. The number of thiazole rings is 1. The lowest BCUT2D eigenvalue weighted by Gasteiger charge is -2.04. The highest BCUT2D eigenvalue weighted by atomic mass is 35.5. The van der Waals surface area contributed by atoms with Crippen LogP contribution in [0.25, 0.3) is 0 Å². The van der Waals surface area contributed by atoms with Crippen LogP contribution < -0.4 is 5.32 Å². The van der Waals surface area contributed by atoms with E-state index in [1.807, 2.05) is 25.2 Å². The van der Waals surface area contributed by atoms with E-state index in [1.54, 1.807) is 11.3 Å². The molecule has 114 valence electrons. The van der Waals surface area contributed by atoms with Gasteiger partial charge in [0, 0.05) is 17.8 Å². The molecule has 1 aromatic carbocycles. The second-order valence-corrected chi connectivity index (χ2v) is 7.51. The largest absolute Gasteiger partial charge is 0.315 e. The van der Waals surface area contributed by atoms with Crippen LogP contribution in [-0.2, 0) is 19.4 Å². The summed E-state index contributed by atoms with van der Waals surface area (Å²) in [5.41, 5.74) is 2.37. The zero-order chi connectivity index (χ0) is 15.4. The number of hydrogen-bond acceptors (Lipinski definition) is 3. The Kier molecular flexibility index (Phi) is 6.06. The minimum atomic E-state index is 0.593. The molecule has 0 saturated heterocycles. The molecule has 0 atom stereocenters. The summed E-state index contributed by atoms with van der Waals surface area (Å²) >= 11 is 13.8. The van der Waals surface area contributed by atoms with Gasteiger partial charge in [-0.3, -0.25) is 0 Å². The molecule has 0 aliphatic carbocycles. The molecule has 0 radical (unpaired) electrons. The first kappa shape index (κ1) is 16.8. The molecule has 2 aromatic rings. The number of hydrogen-bond donors (Lipinski definition) is 1. The Bertz CT molecular complexity index is 608. The smallest absolute Gasteiger partial charge is 0.0975 e. The maximum absolute atomic E-state index is 6.08. The topological polar surface area (TPSA) is 24.9 Å². The number of nitrogens with zero attached hydrogens (tertiary/aromatic N) is 1. The lowest BCUT2D eigenvalue weighted by Crippen LogP contribution is -2.07. The zero-order valence-electron chi connectivity index (χ0n) is 12.5. The van der Waals surface area contributed by atoms with E-state index >= 15 is 0 Å². The van der Waals surface area contributed by atoms with Crippen LogP contribution in [0.2, 0.25) is 10.0 Å². The van der Waals surface area contributed by atoms with Gasteiger partial charge >= 0.3 is 0 Å². The van der Waals surface area contributed by atoms with Crippen LogP contribution >= 0.6 is 34.5 Å². The highest BCUT2D eigenvalue weighted by Gasteiger charge is 2.13. The summed E-state index contributed by atoms with van der Waals surface area (Å²) in [5, 5.41) is 5.55. The third kappa shape index (κ3) is 4.68. The van der Waals surface area contributed by atoms with Gasteiger partial charge in [0.05, 0.1) is 20.7 Å². The Balaban J connectivity index is 2.21. The van der Waals surface area contributed by atoms with Gasteiger partial charge in [0.15, 0.2) is 0 Å². The van der Waals surface area contributed by atoms with Crippen molar-refractivity contribution in [2.45, 2.75) is 33.2 Å². The Labute approximate surface area is 140 Å². The van der Waals surface area contributed by atoms with E-state index in [1.165, 1.54) is 10.6 Å². The van der Waals surface area contributed by atoms with E-state index < -0.39 is 0 Å². The van der Waals surface area contributed by atoms with Crippen LogP contribution in [0.1, 0.15) is 35.0 Å². The molecule has 5 heteroatoms.